The van der Waals surface area contributed by atoms with Crippen molar-refractivity contribution in [3.05, 3.63) is 52.2 Å². The molecule has 1 rings (SSSR count). The zero-order chi connectivity index (χ0) is 12.7. The molecule has 0 atom stereocenters. The zero-order valence-electron chi connectivity index (χ0n) is 10.6. The Kier molecular flexibility index (Phi) is 4.73. The Morgan fingerprint density at radius 2 is 2.24 bits per heavy atom. The van der Waals surface area contributed by atoms with E-state index >= 15 is 0 Å². The maximum Gasteiger partial charge on any atom is 0.0684 e. The molecule has 0 fully saturated rings. The molecule has 0 aromatic carbocycles. The van der Waals surface area contributed by atoms with Crippen LogP contribution in [0.15, 0.2) is 35.5 Å². The van der Waals surface area contributed by atoms with E-state index in [-0.39, 0.29) is 5.41 Å². The molecule has 0 spiro atoms. The third kappa shape index (κ3) is 3.93. The second kappa shape index (κ2) is 6.06. The van der Waals surface area contributed by atoms with Crippen LogP contribution in [0.3, 0.4) is 0 Å². The number of hydrogen-bond donors (Lipinski definition) is 0. The molecule has 0 aliphatic heterocycles. The van der Waals surface area contributed by atoms with E-state index in [1.165, 1.54) is 0 Å². The van der Waals surface area contributed by atoms with Crippen LogP contribution in [-0.4, -0.2) is 4.98 Å². The lowest BCUT2D eigenvalue weighted by Gasteiger charge is -2.20. The minimum absolute atomic E-state index is 0.0949. The lowest BCUT2D eigenvalue weighted by Crippen LogP contribution is -2.16. The molecule has 4 nitrogen and oxygen atoms in total. The van der Waals surface area contributed by atoms with Gasteiger partial charge in [0.25, 0.3) is 0 Å². The molecule has 0 saturated heterocycles. The fraction of sp³-hybridized carbons (Fsp3) is 0.462. The largest absolute Gasteiger partial charge is 0.257 e. The van der Waals surface area contributed by atoms with Crippen molar-refractivity contribution in [3.63, 3.8) is 0 Å². The zero-order valence-corrected chi connectivity index (χ0v) is 10.6. The molecule has 4 heteroatoms. The summed E-state index contributed by atoms with van der Waals surface area (Å²) in [7, 11) is 0. The van der Waals surface area contributed by atoms with Gasteiger partial charge in [-0.25, -0.2) is 0 Å². The summed E-state index contributed by atoms with van der Waals surface area (Å²) in [6, 6.07) is 5.82. The average Bonchev–Trinajstić information content (AvgIpc) is 2.34. The number of pyridine rings is 1. The van der Waals surface area contributed by atoms with Gasteiger partial charge in [-0.15, -0.1) is 0 Å². The Morgan fingerprint density at radius 1 is 1.47 bits per heavy atom. The van der Waals surface area contributed by atoms with Crippen LogP contribution in [0.1, 0.15) is 38.6 Å². The predicted octanol–water partition coefficient (Wildman–Crippen LogP) is 4.14. The van der Waals surface area contributed by atoms with Gasteiger partial charge in [-0.2, -0.15) is 0 Å². The molecule has 1 heterocycles. The Morgan fingerprint density at radius 3 is 2.88 bits per heavy atom. The smallest absolute Gasteiger partial charge is 0.0684 e. The van der Waals surface area contributed by atoms with Crippen LogP contribution in [0, 0.1) is 0 Å². The Hall–Kier alpha value is -1.80. The van der Waals surface area contributed by atoms with Crippen LogP contribution >= 0.6 is 0 Å². The highest BCUT2D eigenvalue weighted by molar-refractivity contribution is 5.24. The van der Waals surface area contributed by atoms with E-state index in [9.17, 15) is 0 Å². The average molecular weight is 230 g/mol. The van der Waals surface area contributed by atoms with Crippen molar-refractivity contribution >= 4 is 0 Å². The molecular formula is C13H18N4. The van der Waals surface area contributed by atoms with Gasteiger partial charge in [0.1, 0.15) is 0 Å². The summed E-state index contributed by atoms with van der Waals surface area (Å²) in [5.41, 5.74) is 9.99. The van der Waals surface area contributed by atoms with Crippen molar-refractivity contribution < 1.29 is 0 Å². The van der Waals surface area contributed by atoms with E-state index in [0.29, 0.717) is 6.54 Å². The molecule has 0 amide bonds. The molecular weight excluding hydrogens is 212 g/mol. The van der Waals surface area contributed by atoms with Gasteiger partial charge in [0, 0.05) is 16.0 Å². The molecule has 0 radical (unpaired) electrons. The molecule has 1 aromatic heterocycles. The number of rotatable bonds is 5. The maximum atomic E-state index is 8.29. The van der Waals surface area contributed by atoms with Gasteiger partial charge in [0.2, 0.25) is 0 Å². The van der Waals surface area contributed by atoms with Crippen LogP contribution in [0.2, 0.25) is 0 Å². The van der Waals surface area contributed by atoms with Crippen LogP contribution < -0.4 is 0 Å². The van der Waals surface area contributed by atoms with Crippen molar-refractivity contribution in [2.75, 3.05) is 0 Å². The quantitative estimate of drug-likeness (QED) is 0.324. The first-order valence-corrected chi connectivity index (χ1v) is 5.75. The fourth-order valence-electron chi connectivity index (χ4n) is 1.53. The minimum Gasteiger partial charge on any atom is -0.257 e. The normalized spacial score (nSPS) is 11.5. The Labute approximate surface area is 102 Å². The second-order valence-electron chi connectivity index (χ2n) is 4.44. The van der Waals surface area contributed by atoms with E-state index in [2.05, 4.69) is 47.9 Å². The van der Waals surface area contributed by atoms with Crippen molar-refractivity contribution in [3.8, 4) is 0 Å². The van der Waals surface area contributed by atoms with Gasteiger partial charge < -0.3 is 0 Å². The molecule has 0 N–H and O–H groups in total. The van der Waals surface area contributed by atoms with Gasteiger partial charge in [-0.1, -0.05) is 44.1 Å². The maximum absolute atomic E-state index is 8.29. The molecule has 17 heavy (non-hydrogen) atoms. The van der Waals surface area contributed by atoms with Crippen molar-refractivity contribution in [2.24, 2.45) is 5.11 Å². The van der Waals surface area contributed by atoms with E-state index in [4.69, 9.17) is 5.53 Å². The summed E-state index contributed by atoms with van der Waals surface area (Å²) in [5.74, 6) is 0. The van der Waals surface area contributed by atoms with Gasteiger partial charge in [-0.3, -0.25) is 4.98 Å². The lowest BCUT2D eigenvalue weighted by molar-refractivity contribution is 0.635. The summed E-state index contributed by atoms with van der Waals surface area (Å²) in [4.78, 5) is 7.26. The first-order valence-electron chi connectivity index (χ1n) is 5.75. The van der Waals surface area contributed by atoms with E-state index in [0.717, 1.165) is 17.8 Å². The number of nitrogens with zero attached hydrogens (tertiary/aromatic N) is 4. The summed E-state index contributed by atoms with van der Waals surface area (Å²) in [5, 5.41) is 3.53. The number of hydrogen-bond acceptors (Lipinski definition) is 2. The number of aromatic nitrogens is 1. The van der Waals surface area contributed by atoms with Crippen molar-refractivity contribution in [1.29, 1.82) is 0 Å². The summed E-state index contributed by atoms with van der Waals surface area (Å²) >= 11 is 0. The van der Waals surface area contributed by atoms with Crippen LogP contribution in [-0.2, 0) is 12.0 Å². The molecule has 1 aromatic rings. The van der Waals surface area contributed by atoms with E-state index in [1.54, 1.807) is 0 Å². The molecule has 0 saturated carbocycles. The standard InChI is InChI=1S/C13H18N4/c1-4-5-9-13(2,3)12-8-6-7-11(16-12)10-15-17-14/h5-9H,4,10H2,1-3H3/b9-5+. The summed E-state index contributed by atoms with van der Waals surface area (Å²) in [6.07, 6.45) is 5.32. The van der Waals surface area contributed by atoms with Gasteiger partial charge in [0.15, 0.2) is 0 Å². The highest BCUT2D eigenvalue weighted by Gasteiger charge is 2.18. The molecule has 90 valence electrons. The molecule has 0 aliphatic rings. The highest BCUT2D eigenvalue weighted by Crippen LogP contribution is 2.23. The predicted molar refractivity (Wildman–Crippen MR) is 69.5 cm³/mol. The first kappa shape index (κ1) is 13.3. The Bertz CT molecular complexity index is 442. The lowest BCUT2D eigenvalue weighted by atomic mass is 9.88. The SMILES string of the molecule is CC/C=C/C(C)(C)c1cccc(CN=[N+]=[N-])n1. The molecule has 0 bridgehead atoms. The monoisotopic (exact) mass is 230 g/mol. The van der Waals surface area contributed by atoms with Crippen LogP contribution in [0.4, 0.5) is 0 Å². The number of azide groups is 1. The third-order valence-electron chi connectivity index (χ3n) is 2.53. The number of allylic oxidation sites excluding steroid dienone is 2. The first-order chi connectivity index (χ1) is 8.10. The highest BCUT2D eigenvalue weighted by atomic mass is 15.1. The van der Waals surface area contributed by atoms with Crippen LogP contribution in [0.25, 0.3) is 10.4 Å². The van der Waals surface area contributed by atoms with Crippen LogP contribution in [0.5, 0.6) is 0 Å². The summed E-state index contributed by atoms with van der Waals surface area (Å²) in [6.45, 7) is 6.66. The third-order valence-corrected chi connectivity index (χ3v) is 2.53. The van der Waals surface area contributed by atoms with Crippen molar-refractivity contribution in [2.45, 2.75) is 39.2 Å². The molecule has 0 unspecified atom stereocenters. The van der Waals surface area contributed by atoms with Gasteiger partial charge in [-0.05, 0) is 24.1 Å². The van der Waals surface area contributed by atoms with E-state index < -0.39 is 0 Å². The fourth-order valence-corrected chi connectivity index (χ4v) is 1.53. The van der Waals surface area contributed by atoms with Gasteiger partial charge >= 0.3 is 0 Å². The van der Waals surface area contributed by atoms with Crippen molar-refractivity contribution in [1.82, 2.24) is 4.98 Å². The molecule has 0 aliphatic carbocycles. The summed E-state index contributed by atoms with van der Waals surface area (Å²) < 4.78 is 0. The second-order valence-corrected chi connectivity index (χ2v) is 4.44. The topological polar surface area (TPSA) is 61.7 Å². The minimum atomic E-state index is -0.0949. The van der Waals surface area contributed by atoms with E-state index in [1.807, 2.05) is 18.2 Å². The Balaban J connectivity index is 2.97. The van der Waals surface area contributed by atoms with Gasteiger partial charge in [0.05, 0.1) is 12.2 Å².